The van der Waals surface area contributed by atoms with Crippen molar-refractivity contribution in [2.45, 2.75) is 32.7 Å². The van der Waals surface area contributed by atoms with Gasteiger partial charge in [-0.15, -0.1) is 0 Å². The molecule has 0 spiro atoms. The summed E-state index contributed by atoms with van der Waals surface area (Å²) in [5.41, 5.74) is 6.02. The number of aryl methyl sites for hydroxylation is 3. The van der Waals surface area contributed by atoms with Crippen molar-refractivity contribution in [2.75, 3.05) is 18.5 Å². The summed E-state index contributed by atoms with van der Waals surface area (Å²) in [7, 11) is 3.67. The molecule has 1 fully saturated rings. The first-order valence-electron chi connectivity index (χ1n) is 10.7. The first-order chi connectivity index (χ1) is 15.4. The quantitative estimate of drug-likeness (QED) is 0.526. The minimum absolute atomic E-state index is 0.0765. The van der Waals surface area contributed by atoms with E-state index in [0.717, 1.165) is 41.0 Å². The van der Waals surface area contributed by atoms with Gasteiger partial charge in [-0.2, -0.15) is 10.1 Å². The molecule has 0 amide bonds. The number of hydrogen-bond donors (Lipinski definition) is 1. The molecule has 0 aromatic carbocycles. The summed E-state index contributed by atoms with van der Waals surface area (Å²) in [6.07, 6.45) is 6.89. The molecule has 4 aromatic rings. The highest BCUT2D eigenvalue weighted by atomic mass is 16.5. The number of rotatable bonds is 4. The molecule has 5 rings (SSSR count). The van der Waals surface area contributed by atoms with Crippen LogP contribution in [-0.4, -0.2) is 47.1 Å². The second-order valence-electron chi connectivity index (χ2n) is 8.23. The van der Waals surface area contributed by atoms with Crippen molar-refractivity contribution in [2.24, 2.45) is 14.1 Å². The van der Waals surface area contributed by atoms with Crippen LogP contribution in [0.5, 0.6) is 0 Å². The van der Waals surface area contributed by atoms with Crippen LogP contribution in [0.25, 0.3) is 22.4 Å². The van der Waals surface area contributed by atoms with E-state index in [9.17, 15) is 4.79 Å². The van der Waals surface area contributed by atoms with E-state index in [4.69, 9.17) is 9.72 Å². The fraction of sp³-hybridized carbons (Fsp3) is 0.409. The molecule has 0 bridgehead atoms. The molecule has 1 saturated heterocycles. The summed E-state index contributed by atoms with van der Waals surface area (Å²) in [6.45, 7) is 5.33. The van der Waals surface area contributed by atoms with E-state index in [1.54, 1.807) is 28.6 Å². The molecular weight excluding hydrogens is 408 g/mol. The molecule has 5 heterocycles. The van der Waals surface area contributed by atoms with Gasteiger partial charge in [0.2, 0.25) is 5.95 Å². The molecule has 10 nitrogen and oxygen atoms in total. The zero-order valence-corrected chi connectivity index (χ0v) is 18.7. The third-order valence-corrected chi connectivity index (χ3v) is 6.26. The van der Waals surface area contributed by atoms with E-state index in [0.29, 0.717) is 30.3 Å². The SMILES string of the molecule is Cc1cc(-c2cnn(C)c2C)ncc1Nc1ncc2c(n1)n(C1CCOCC1)c(=O)n2C. The number of fused-ring (bicyclic) bond motifs is 1. The van der Waals surface area contributed by atoms with Crippen LogP contribution >= 0.6 is 0 Å². The number of ether oxygens (including phenoxy) is 1. The van der Waals surface area contributed by atoms with E-state index in [1.165, 1.54) is 0 Å². The van der Waals surface area contributed by atoms with Gasteiger partial charge in [-0.05, 0) is 38.3 Å². The van der Waals surface area contributed by atoms with Crippen molar-refractivity contribution in [1.82, 2.24) is 33.9 Å². The Bertz CT molecular complexity index is 1360. The molecular formula is C22H26N8O2. The Balaban J connectivity index is 1.49. The average Bonchev–Trinajstić information content (AvgIpc) is 3.26. The summed E-state index contributed by atoms with van der Waals surface area (Å²) in [6, 6.07) is 2.10. The second-order valence-corrected chi connectivity index (χ2v) is 8.23. The lowest BCUT2D eigenvalue weighted by Gasteiger charge is -2.22. The van der Waals surface area contributed by atoms with Crippen molar-refractivity contribution >= 4 is 22.8 Å². The second kappa shape index (κ2) is 7.86. The maximum atomic E-state index is 12.9. The molecule has 0 radical (unpaired) electrons. The fourth-order valence-corrected chi connectivity index (χ4v) is 4.17. The lowest BCUT2D eigenvalue weighted by atomic mass is 10.1. The van der Waals surface area contributed by atoms with Gasteiger partial charge in [-0.3, -0.25) is 18.8 Å². The van der Waals surface area contributed by atoms with Crippen LogP contribution in [0.15, 0.2) is 29.5 Å². The minimum Gasteiger partial charge on any atom is -0.381 e. The number of pyridine rings is 1. The molecule has 1 aliphatic rings. The highest BCUT2D eigenvalue weighted by Crippen LogP contribution is 2.27. The number of nitrogens with zero attached hydrogens (tertiary/aromatic N) is 7. The zero-order valence-electron chi connectivity index (χ0n) is 18.7. The molecule has 0 atom stereocenters. The molecule has 0 aliphatic carbocycles. The van der Waals surface area contributed by atoms with Gasteiger partial charge in [0.1, 0.15) is 5.52 Å². The third kappa shape index (κ3) is 3.36. The number of hydrogen-bond acceptors (Lipinski definition) is 7. The summed E-state index contributed by atoms with van der Waals surface area (Å²) >= 11 is 0. The Morgan fingerprint density at radius 2 is 1.88 bits per heavy atom. The standard InChI is InChI=1S/C22H26N8O2/c1-13-9-17(16-10-25-29(4)14(16)2)23-11-18(13)26-21-24-12-19-20(27-21)30(22(31)28(19)3)15-5-7-32-8-6-15/h9-12,15H,5-8H2,1-4H3,(H,24,26,27). The van der Waals surface area contributed by atoms with Crippen molar-refractivity contribution < 1.29 is 4.74 Å². The lowest BCUT2D eigenvalue weighted by Crippen LogP contribution is -2.30. The average molecular weight is 435 g/mol. The predicted octanol–water partition coefficient (Wildman–Crippen LogP) is 2.64. The molecule has 0 unspecified atom stereocenters. The molecule has 32 heavy (non-hydrogen) atoms. The monoisotopic (exact) mass is 434 g/mol. The summed E-state index contributed by atoms with van der Waals surface area (Å²) in [4.78, 5) is 26.6. The number of aromatic nitrogens is 7. The van der Waals surface area contributed by atoms with E-state index < -0.39 is 0 Å². The molecule has 10 heteroatoms. The predicted molar refractivity (Wildman–Crippen MR) is 121 cm³/mol. The van der Waals surface area contributed by atoms with E-state index in [1.807, 2.05) is 37.8 Å². The van der Waals surface area contributed by atoms with Crippen molar-refractivity contribution in [3.63, 3.8) is 0 Å². The zero-order chi connectivity index (χ0) is 22.4. The van der Waals surface area contributed by atoms with Crippen molar-refractivity contribution in [1.29, 1.82) is 0 Å². The normalized spacial score (nSPS) is 14.9. The molecule has 1 N–H and O–H groups in total. The maximum absolute atomic E-state index is 12.9. The highest BCUT2D eigenvalue weighted by molar-refractivity contribution is 5.73. The Kier molecular flexibility index (Phi) is 5.01. The number of imidazole rings is 1. The highest BCUT2D eigenvalue weighted by Gasteiger charge is 2.23. The van der Waals surface area contributed by atoms with Gasteiger partial charge in [0.15, 0.2) is 5.65 Å². The lowest BCUT2D eigenvalue weighted by molar-refractivity contribution is 0.0695. The third-order valence-electron chi connectivity index (χ3n) is 6.26. The van der Waals surface area contributed by atoms with Crippen molar-refractivity contribution in [3.8, 4) is 11.3 Å². The van der Waals surface area contributed by atoms with Crippen LogP contribution in [0.3, 0.4) is 0 Å². The molecule has 1 aliphatic heterocycles. The molecule has 0 saturated carbocycles. The first kappa shape index (κ1) is 20.4. The van der Waals surface area contributed by atoms with Crippen LogP contribution in [0.2, 0.25) is 0 Å². The Morgan fingerprint density at radius 1 is 1.09 bits per heavy atom. The largest absolute Gasteiger partial charge is 0.381 e. The van der Waals surface area contributed by atoms with Crippen LogP contribution in [0.4, 0.5) is 11.6 Å². The molecule has 4 aromatic heterocycles. The summed E-state index contributed by atoms with van der Waals surface area (Å²) < 4.78 is 10.7. The van der Waals surface area contributed by atoms with Crippen LogP contribution < -0.4 is 11.0 Å². The van der Waals surface area contributed by atoms with Gasteiger partial charge < -0.3 is 10.1 Å². The van der Waals surface area contributed by atoms with Gasteiger partial charge in [0, 0.05) is 44.6 Å². The number of nitrogens with one attached hydrogen (secondary N) is 1. The van der Waals surface area contributed by atoms with Crippen LogP contribution in [0.1, 0.15) is 30.1 Å². The minimum atomic E-state index is -0.0765. The summed E-state index contributed by atoms with van der Waals surface area (Å²) in [5.74, 6) is 0.430. The van der Waals surface area contributed by atoms with Gasteiger partial charge in [-0.1, -0.05) is 0 Å². The maximum Gasteiger partial charge on any atom is 0.330 e. The van der Waals surface area contributed by atoms with E-state index in [2.05, 4.69) is 20.4 Å². The Labute approximate surface area is 184 Å². The Hall–Kier alpha value is -3.53. The van der Waals surface area contributed by atoms with Crippen LogP contribution in [-0.2, 0) is 18.8 Å². The first-order valence-corrected chi connectivity index (χ1v) is 10.7. The van der Waals surface area contributed by atoms with Crippen molar-refractivity contribution in [3.05, 3.63) is 46.4 Å². The van der Waals surface area contributed by atoms with Crippen LogP contribution in [0, 0.1) is 13.8 Å². The van der Waals surface area contributed by atoms with Gasteiger partial charge in [0.25, 0.3) is 0 Å². The van der Waals surface area contributed by atoms with Gasteiger partial charge >= 0.3 is 5.69 Å². The molecule has 166 valence electrons. The van der Waals surface area contributed by atoms with Gasteiger partial charge in [-0.25, -0.2) is 9.78 Å². The van der Waals surface area contributed by atoms with Gasteiger partial charge in [0.05, 0.1) is 30.0 Å². The van der Waals surface area contributed by atoms with E-state index >= 15 is 0 Å². The smallest absolute Gasteiger partial charge is 0.330 e. The van der Waals surface area contributed by atoms with E-state index in [-0.39, 0.29) is 11.7 Å². The number of anilines is 2. The Morgan fingerprint density at radius 3 is 2.56 bits per heavy atom. The fourth-order valence-electron chi connectivity index (χ4n) is 4.17. The summed E-state index contributed by atoms with van der Waals surface area (Å²) in [5, 5.41) is 7.57. The topological polar surface area (TPSA) is 105 Å².